The molecule has 2 aliphatic heterocycles. The predicted molar refractivity (Wildman–Crippen MR) is 94.0 cm³/mol. The van der Waals surface area contributed by atoms with Crippen LogP contribution in [0.1, 0.15) is 17.3 Å². The molecule has 7 nitrogen and oxygen atoms in total. The topological polar surface area (TPSA) is 104 Å². The lowest BCUT2D eigenvalue weighted by Crippen LogP contribution is -2.73. The zero-order valence-corrected chi connectivity index (χ0v) is 15.5. The van der Waals surface area contributed by atoms with Crippen LogP contribution in [0.4, 0.5) is 0 Å². The first-order valence-electron chi connectivity index (χ1n) is 7.45. The average molecular weight is 427 g/mol. The number of fused-ring (bicyclic) bond motifs is 1. The third kappa shape index (κ3) is 3.02. The zero-order chi connectivity index (χ0) is 18.3. The number of carbonyl (C=O) groups is 3. The molecule has 4 atom stereocenters. The summed E-state index contributed by atoms with van der Waals surface area (Å²) in [7, 11) is -1.47. The number of aliphatic carboxylic acids is 1. The Bertz CT molecular complexity index is 810. The summed E-state index contributed by atoms with van der Waals surface area (Å²) in [6.07, 6.45) is 0. The number of carbonyl (C=O) groups excluding carboxylic acids is 2. The summed E-state index contributed by atoms with van der Waals surface area (Å²) in [5.74, 6) is -2.17. The van der Waals surface area contributed by atoms with Crippen molar-refractivity contribution in [3.63, 3.8) is 0 Å². The van der Waals surface area contributed by atoms with Gasteiger partial charge in [-0.25, -0.2) is 4.79 Å². The van der Waals surface area contributed by atoms with Gasteiger partial charge in [0.15, 0.2) is 0 Å². The number of hydrogen-bond donors (Lipinski definition) is 2. The molecule has 1 aromatic carbocycles. The average Bonchev–Trinajstić information content (AvgIpc) is 2.58. The van der Waals surface area contributed by atoms with Gasteiger partial charge in [0, 0.05) is 5.75 Å². The van der Waals surface area contributed by atoms with Gasteiger partial charge in [-0.15, -0.1) is 0 Å². The van der Waals surface area contributed by atoms with E-state index in [1.54, 1.807) is 31.2 Å². The van der Waals surface area contributed by atoms with Gasteiger partial charge in [-0.2, -0.15) is 0 Å². The van der Waals surface area contributed by atoms with E-state index < -0.39 is 44.8 Å². The van der Waals surface area contributed by atoms with Crippen molar-refractivity contribution in [2.75, 3.05) is 5.75 Å². The lowest BCUT2D eigenvalue weighted by molar-refractivity contribution is -0.150. The van der Waals surface area contributed by atoms with Crippen molar-refractivity contribution in [3.05, 3.63) is 47.2 Å². The minimum absolute atomic E-state index is 0.0683. The van der Waals surface area contributed by atoms with Crippen molar-refractivity contribution in [2.45, 2.75) is 23.2 Å². The number of β-lactam (4-membered cyclic amide) rings is 1. The number of benzene rings is 1. The molecule has 25 heavy (non-hydrogen) atoms. The molecule has 0 spiro atoms. The highest BCUT2D eigenvalue weighted by Gasteiger charge is 2.56. The maximum absolute atomic E-state index is 12.4. The van der Waals surface area contributed by atoms with Crippen LogP contribution in [0.3, 0.4) is 0 Å². The van der Waals surface area contributed by atoms with Gasteiger partial charge in [0.2, 0.25) is 5.91 Å². The molecule has 1 fully saturated rings. The number of rotatable bonds is 4. The molecule has 1 saturated heterocycles. The number of nitrogens with zero attached hydrogens (tertiary/aromatic N) is 1. The third-order valence-electron chi connectivity index (χ3n) is 4.14. The van der Waals surface area contributed by atoms with Gasteiger partial charge in [0.05, 0.1) is 10.8 Å². The highest BCUT2D eigenvalue weighted by atomic mass is 79.9. The van der Waals surface area contributed by atoms with Crippen LogP contribution >= 0.6 is 15.9 Å². The zero-order valence-electron chi connectivity index (χ0n) is 13.1. The van der Waals surface area contributed by atoms with Crippen LogP contribution in [0.2, 0.25) is 0 Å². The number of hydrogen-bond acceptors (Lipinski definition) is 4. The molecule has 0 bridgehead atoms. The van der Waals surface area contributed by atoms with Gasteiger partial charge in [-0.3, -0.25) is 18.7 Å². The van der Waals surface area contributed by atoms with Gasteiger partial charge < -0.3 is 10.4 Å². The number of carboxylic acids is 1. The van der Waals surface area contributed by atoms with Crippen LogP contribution in [0.25, 0.3) is 0 Å². The molecule has 2 amide bonds. The summed E-state index contributed by atoms with van der Waals surface area (Å²) in [6.45, 7) is 1.54. The highest BCUT2D eigenvalue weighted by Crippen LogP contribution is 2.35. The Morgan fingerprint density at radius 2 is 2.00 bits per heavy atom. The van der Waals surface area contributed by atoms with Crippen LogP contribution < -0.4 is 5.32 Å². The van der Waals surface area contributed by atoms with Gasteiger partial charge in [0.25, 0.3) is 5.91 Å². The fraction of sp³-hybridized carbons (Fsp3) is 0.312. The first-order valence-corrected chi connectivity index (χ1v) is 9.75. The summed E-state index contributed by atoms with van der Waals surface area (Å²) < 4.78 is 12.3. The van der Waals surface area contributed by atoms with E-state index in [0.29, 0.717) is 5.57 Å². The number of nitrogens with one attached hydrogen (secondary N) is 1. The number of carboxylic acid groups (broad SMARTS) is 1. The monoisotopic (exact) mass is 426 g/mol. The van der Waals surface area contributed by atoms with Gasteiger partial charge in [0.1, 0.15) is 21.9 Å². The minimum atomic E-state index is -1.47. The molecule has 3 rings (SSSR count). The molecule has 2 unspecified atom stereocenters. The second kappa shape index (κ2) is 6.72. The smallest absolute Gasteiger partial charge is 0.352 e. The van der Waals surface area contributed by atoms with Gasteiger partial charge >= 0.3 is 5.97 Å². The number of alkyl halides is 1. The van der Waals surface area contributed by atoms with E-state index in [1.807, 2.05) is 6.07 Å². The van der Waals surface area contributed by atoms with E-state index in [2.05, 4.69) is 21.2 Å². The molecular weight excluding hydrogens is 412 g/mol. The normalized spacial score (nSPS) is 26.6. The highest BCUT2D eigenvalue weighted by molar-refractivity contribution is 9.09. The molecule has 2 aliphatic rings. The standard InChI is InChI=1S/C16H15BrN2O5S/c1-8-7-25(24)15-11(14(21)19(15)12(8)16(22)23)18-13(20)10(17)9-5-3-2-4-6-9/h2-6,10-11,15H,7H2,1H3,(H,18,20)(H,22,23)/t10?,11-,15-,25?/m1/s1. The number of amides is 2. The fourth-order valence-corrected chi connectivity index (χ4v) is 5.07. The molecule has 1 aromatic rings. The molecular formula is C16H15BrN2O5S. The van der Waals surface area contributed by atoms with E-state index in [1.165, 1.54) is 0 Å². The Balaban J connectivity index is 1.78. The Kier molecular flexibility index (Phi) is 4.79. The SMILES string of the molecule is CC1=C(C(=O)O)N2C(=O)[C@@H](NC(=O)C(Br)c3ccccc3)[C@H]2S(=O)C1. The quantitative estimate of drug-likeness (QED) is 0.549. The van der Waals surface area contributed by atoms with Crippen LogP contribution in [0, 0.1) is 0 Å². The third-order valence-corrected chi connectivity index (χ3v) is 6.82. The van der Waals surface area contributed by atoms with Gasteiger partial charge in [-0.1, -0.05) is 46.3 Å². The summed E-state index contributed by atoms with van der Waals surface area (Å²) in [5, 5.41) is 11.0. The summed E-state index contributed by atoms with van der Waals surface area (Å²) in [5.41, 5.74) is 0.969. The molecule has 0 aliphatic carbocycles. The Labute approximate surface area is 154 Å². The first kappa shape index (κ1) is 17.8. The van der Waals surface area contributed by atoms with Crippen molar-refractivity contribution in [3.8, 4) is 0 Å². The maximum Gasteiger partial charge on any atom is 0.352 e. The van der Waals surface area contributed by atoms with Crippen molar-refractivity contribution < 1.29 is 23.7 Å². The maximum atomic E-state index is 12.4. The van der Waals surface area contributed by atoms with Crippen molar-refractivity contribution in [1.82, 2.24) is 10.2 Å². The second-order valence-corrected chi connectivity index (χ2v) is 8.27. The van der Waals surface area contributed by atoms with Crippen LogP contribution in [0.5, 0.6) is 0 Å². The fourth-order valence-electron chi connectivity index (χ4n) is 2.96. The van der Waals surface area contributed by atoms with Crippen LogP contribution in [-0.4, -0.2) is 49.2 Å². The molecule has 132 valence electrons. The van der Waals surface area contributed by atoms with E-state index >= 15 is 0 Å². The minimum Gasteiger partial charge on any atom is -0.477 e. The Morgan fingerprint density at radius 1 is 1.36 bits per heavy atom. The Hall–Kier alpha value is -2.00. The summed E-state index contributed by atoms with van der Waals surface area (Å²) in [6, 6.07) is 7.94. The molecule has 2 heterocycles. The largest absolute Gasteiger partial charge is 0.477 e. The number of halogens is 1. The molecule has 0 saturated carbocycles. The molecule has 2 N–H and O–H groups in total. The van der Waals surface area contributed by atoms with Crippen LogP contribution in [-0.2, 0) is 25.2 Å². The van der Waals surface area contributed by atoms with E-state index in [9.17, 15) is 23.7 Å². The molecule has 0 radical (unpaired) electrons. The molecule has 0 aromatic heterocycles. The van der Waals surface area contributed by atoms with Crippen LogP contribution in [0.15, 0.2) is 41.6 Å². The van der Waals surface area contributed by atoms with E-state index in [-0.39, 0.29) is 11.4 Å². The second-order valence-electron chi connectivity index (χ2n) is 5.82. The van der Waals surface area contributed by atoms with E-state index in [4.69, 9.17) is 0 Å². The lowest BCUT2D eigenvalue weighted by Gasteiger charge is -2.48. The van der Waals surface area contributed by atoms with Crippen molar-refractivity contribution in [1.29, 1.82) is 0 Å². The predicted octanol–water partition coefficient (Wildman–Crippen LogP) is 0.897. The molecule has 9 heteroatoms. The van der Waals surface area contributed by atoms with Gasteiger partial charge in [-0.05, 0) is 18.1 Å². The first-order chi connectivity index (χ1) is 11.8. The van der Waals surface area contributed by atoms with Crippen molar-refractivity contribution in [2.24, 2.45) is 0 Å². The Morgan fingerprint density at radius 3 is 2.60 bits per heavy atom. The van der Waals surface area contributed by atoms with Crippen molar-refractivity contribution >= 4 is 44.5 Å². The van der Waals surface area contributed by atoms with E-state index in [0.717, 1.165) is 10.5 Å². The summed E-state index contributed by atoms with van der Waals surface area (Å²) >= 11 is 3.28. The lowest BCUT2D eigenvalue weighted by atomic mass is 10.0. The summed E-state index contributed by atoms with van der Waals surface area (Å²) in [4.78, 5) is 36.5.